The molecule has 0 aromatic heterocycles. The van der Waals surface area contributed by atoms with Crippen LogP contribution in [-0.2, 0) is 21.9 Å². The molecule has 39 heavy (non-hydrogen) atoms. The van der Waals surface area contributed by atoms with Gasteiger partial charge < -0.3 is 10.6 Å². The van der Waals surface area contributed by atoms with Gasteiger partial charge in [0.25, 0.3) is 0 Å². The number of hydrogen-bond donors (Lipinski definition) is 2. The molecule has 5 nitrogen and oxygen atoms in total. The average molecular weight is 578 g/mol. The Balaban J connectivity index is 0.000000391. The van der Waals surface area contributed by atoms with Gasteiger partial charge in [0.1, 0.15) is 0 Å². The van der Waals surface area contributed by atoms with Gasteiger partial charge in [-0.15, -0.1) is 0 Å². The van der Waals surface area contributed by atoms with Crippen molar-refractivity contribution in [3.63, 3.8) is 0 Å². The lowest BCUT2D eigenvalue weighted by Gasteiger charge is -2.21. The highest BCUT2D eigenvalue weighted by atomic mass is 35.5. The Morgan fingerprint density at radius 1 is 0.718 bits per heavy atom. The Kier molecular flexibility index (Phi) is 10.3. The standard InChI is InChI=1S/C14H15F3N2O.C13H15ClF3NO/c1-8-10(19-12(20)13(2,3)4)6-5-9(7-18)11(8)14(15,16)17;1-7-9(18-11(19)12(2,3)4)6-5-8(14)10(7)13(15,16)17/h5-6H,1-4H3,(H,19,20);5-6H,1-4H3,(H,18,19). The molecule has 0 atom stereocenters. The van der Waals surface area contributed by atoms with Gasteiger partial charge >= 0.3 is 12.4 Å². The van der Waals surface area contributed by atoms with Gasteiger partial charge in [0.2, 0.25) is 11.8 Å². The second kappa shape index (κ2) is 11.9. The van der Waals surface area contributed by atoms with Crippen molar-refractivity contribution in [3.8, 4) is 6.07 Å². The summed E-state index contributed by atoms with van der Waals surface area (Å²) in [5.74, 6) is -0.746. The minimum atomic E-state index is -4.64. The Morgan fingerprint density at radius 2 is 1.08 bits per heavy atom. The summed E-state index contributed by atoms with van der Waals surface area (Å²) in [6.07, 6.45) is -9.19. The van der Waals surface area contributed by atoms with Gasteiger partial charge in [0, 0.05) is 22.2 Å². The van der Waals surface area contributed by atoms with Gasteiger partial charge in [-0.05, 0) is 49.2 Å². The van der Waals surface area contributed by atoms with E-state index in [1.54, 1.807) is 41.5 Å². The molecule has 0 spiro atoms. The van der Waals surface area contributed by atoms with Crippen molar-refractivity contribution in [2.75, 3.05) is 10.6 Å². The Morgan fingerprint density at radius 3 is 1.41 bits per heavy atom. The van der Waals surface area contributed by atoms with Crippen LogP contribution in [0.15, 0.2) is 24.3 Å². The molecule has 0 aliphatic rings. The summed E-state index contributed by atoms with van der Waals surface area (Å²) in [5.41, 5.74) is -3.85. The summed E-state index contributed by atoms with van der Waals surface area (Å²) in [5, 5.41) is 13.4. The predicted molar refractivity (Wildman–Crippen MR) is 138 cm³/mol. The van der Waals surface area contributed by atoms with E-state index < -0.39 is 45.8 Å². The lowest BCUT2D eigenvalue weighted by Crippen LogP contribution is -2.28. The Labute approximate surface area is 228 Å². The molecule has 0 saturated heterocycles. The SMILES string of the molecule is Cc1c(NC(=O)C(C)(C)C)ccc(C#N)c1C(F)(F)F.Cc1c(NC(=O)C(C)(C)C)ccc(Cl)c1C(F)(F)F. The molecule has 0 saturated carbocycles. The molecule has 214 valence electrons. The largest absolute Gasteiger partial charge is 0.418 e. The van der Waals surface area contributed by atoms with Gasteiger partial charge in [-0.25, -0.2) is 0 Å². The lowest BCUT2D eigenvalue weighted by atomic mass is 9.94. The average Bonchev–Trinajstić information content (AvgIpc) is 2.74. The smallest absolute Gasteiger partial charge is 0.325 e. The van der Waals surface area contributed by atoms with Crippen molar-refractivity contribution in [2.45, 2.75) is 67.7 Å². The van der Waals surface area contributed by atoms with Crippen molar-refractivity contribution in [2.24, 2.45) is 10.8 Å². The maximum absolute atomic E-state index is 13.0. The highest BCUT2D eigenvalue weighted by Gasteiger charge is 2.37. The zero-order valence-electron chi connectivity index (χ0n) is 22.7. The zero-order valence-corrected chi connectivity index (χ0v) is 23.5. The van der Waals surface area contributed by atoms with E-state index in [0.29, 0.717) is 0 Å². The number of rotatable bonds is 2. The second-order valence-electron chi connectivity index (χ2n) is 10.8. The van der Waals surface area contributed by atoms with Gasteiger partial charge in [0.05, 0.1) is 27.8 Å². The summed E-state index contributed by atoms with van der Waals surface area (Å²) in [4.78, 5) is 23.7. The van der Waals surface area contributed by atoms with Crippen molar-refractivity contribution < 1.29 is 35.9 Å². The number of carbonyl (C=O) groups excluding carboxylic acids is 2. The summed E-state index contributed by atoms with van der Waals surface area (Å²) >= 11 is 5.58. The normalized spacial score (nSPS) is 12.2. The number of carbonyl (C=O) groups is 2. The monoisotopic (exact) mass is 577 g/mol. The first-order chi connectivity index (χ1) is 17.4. The highest BCUT2D eigenvalue weighted by molar-refractivity contribution is 6.31. The molecule has 0 bridgehead atoms. The van der Waals surface area contributed by atoms with Crippen molar-refractivity contribution in [1.29, 1.82) is 5.26 Å². The van der Waals surface area contributed by atoms with Gasteiger partial charge in [0.15, 0.2) is 0 Å². The maximum atomic E-state index is 13.0. The number of nitrogens with one attached hydrogen (secondary N) is 2. The number of halogens is 7. The van der Waals surface area contributed by atoms with Gasteiger partial charge in [-0.2, -0.15) is 31.6 Å². The number of amides is 2. The van der Waals surface area contributed by atoms with Crippen LogP contribution in [0.4, 0.5) is 37.7 Å². The van der Waals surface area contributed by atoms with Crippen LogP contribution >= 0.6 is 11.6 Å². The summed E-state index contributed by atoms with van der Waals surface area (Å²) in [7, 11) is 0. The minimum Gasteiger partial charge on any atom is -0.325 e. The van der Waals surface area contributed by atoms with E-state index in [2.05, 4.69) is 10.6 Å². The molecule has 0 aliphatic heterocycles. The molecule has 2 amide bonds. The first-order valence-corrected chi connectivity index (χ1v) is 11.9. The molecule has 2 aromatic rings. The fourth-order valence-electron chi connectivity index (χ4n) is 3.09. The highest BCUT2D eigenvalue weighted by Crippen LogP contribution is 2.40. The van der Waals surface area contributed by atoms with Crippen LogP contribution in [-0.4, -0.2) is 11.8 Å². The summed E-state index contributed by atoms with van der Waals surface area (Å²) in [6, 6.07) is 6.40. The number of hydrogen-bond acceptors (Lipinski definition) is 3. The molecule has 0 fully saturated rings. The molecule has 0 aliphatic carbocycles. The van der Waals surface area contributed by atoms with E-state index in [-0.39, 0.29) is 33.4 Å². The van der Waals surface area contributed by atoms with Crippen LogP contribution in [0.25, 0.3) is 0 Å². The molecule has 2 rings (SSSR count). The lowest BCUT2D eigenvalue weighted by molar-refractivity contribution is -0.138. The molecular weight excluding hydrogens is 548 g/mol. The number of nitrogens with zero attached hydrogens (tertiary/aromatic N) is 1. The van der Waals surface area contributed by atoms with Crippen LogP contribution < -0.4 is 10.6 Å². The van der Waals surface area contributed by atoms with Gasteiger partial charge in [-0.1, -0.05) is 53.1 Å². The number of benzene rings is 2. The topological polar surface area (TPSA) is 82.0 Å². The van der Waals surface area contributed by atoms with Crippen molar-refractivity contribution in [3.05, 3.63) is 57.1 Å². The first kappa shape index (κ1) is 33.8. The van der Waals surface area contributed by atoms with E-state index in [0.717, 1.165) is 12.1 Å². The zero-order chi connectivity index (χ0) is 30.7. The van der Waals surface area contributed by atoms with E-state index in [9.17, 15) is 35.9 Å². The van der Waals surface area contributed by atoms with Crippen LogP contribution in [0.1, 0.15) is 69.4 Å². The third kappa shape index (κ3) is 8.88. The fraction of sp³-hybridized carbons (Fsp3) is 0.444. The fourth-order valence-corrected chi connectivity index (χ4v) is 3.40. The molecule has 0 unspecified atom stereocenters. The van der Waals surface area contributed by atoms with Gasteiger partial charge in [-0.3, -0.25) is 9.59 Å². The van der Waals surface area contributed by atoms with E-state index in [1.165, 1.54) is 32.0 Å². The van der Waals surface area contributed by atoms with Crippen molar-refractivity contribution >= 4 is 34.8 Å². The number of anilines is 2. The van der Waals surface area contributed by atoms with Crippen molar-refractivity contribution in [1.82, 2.24) is 0 Å². The molecule has 12 heteroatoms. The van der Waals surface area contributed by atoms with E-state index in [1.807, 2.05) is 0 Å². The Bertz CT molecular complexity index is 1280. The number of nitriles is 1. The third-order valence-corrected chi connectivity index (χ3v) is 5.74. The number of alkyl halides is 6. The Hall–Kier alpha value is -3.26. The minimum absolute atomic E-state index is 0.0660. The molecular formula is C27H30ClF6N3O2. The first-order valence-electron chi connectivity index (χ1n) is 11.5. The van der Waals surface area contributed by atoms with Crippen LogP contribution in [0, 0.1) is 36.0 Å². The van der Waals surface area contributed by atoms with Crippen LogP contribution in [0.3, 0.4) is 0 Å². The predicted octanol–water partition coefficient (Wildman–Crippen LogP) is 8.52. The van der Waals surface area contributed by atoms with Crippen LogP contribution in [0.5, 0.6) is 0 Å². The quantitative estimate of drug-likeness (QED) is 0.351. The molecule has 0 radical (unpaired) electrons. The van der Waals surface area contributed by atoms with Crippen LogP contribution in [0.2, 0.25) is 5.02 Å². The maximum Gasteiger partial charge on any atom is 0.418 e. The summed E-state index contributed by atoms with van der Waals surface area (Å²) < 4.78 is 77.5. The van der Waals surface area contributed by atoms with E-state index in [4.69, 9.17) is 16.9 Å². The second-order valence-corrected chi connectivity index (χ2v) is 11.2. The third-order valence-electron chi connectivity index (χ3n) is 5.43. The molecule has 0 heterocycles. The van der Waals surface area contributed by atoms with E-state index >= 15 is 0 Å². The molecule has 2 aromatic carbocycles. The molecule has 2 N–H and O–H groups in total. The summed E-state index contributed by atoms with van der Waals surface area (Å²) in [6.45, 7) is 12.5.